The van der Waals surface area contributed by atoms with Crippen LogP contribution in [0.25, 0.3) is 11.3 Å². The lowest BCUT2D eigenvalue weighted by Crippen LogP contribution is -2.49. The third kappa shape index (κ3) is 4.51. The summed E-state index contributed by atoms with van der Waals surface area (Å²) in [6.07, 6.45) is 0. The van der Waals surface area contributed by atoms with E-state index in [9.17, 15) is 8.42 Å². The fraction of sp³-hybridized carbons (Fsp3) is 0.368. The number of nitriles is 1. The summed E-state index contributed by atoms with van der Waals surface area (Å²) in [5.41, 5.74) is 1.89. The third-order valence-corrected chi connectivity index (χ3v) is 6.38. The molecule has 2 aromatic rings. The van der Waals surface area contributed by atoms with E-state index in [1.54, 1.807) is 43.5 Å². The number of methoxy groups -OCH3 is 1. The van der Waals surface area contributed by atoms with Crippen LogP contribution in [-0.2, 0) is 14.8 Å². The maximum Gasteiger partial charge on any atom is 0.260 e. The number of sulfonamides is 1. The predicted octanol–water partition coefficient (Wildman–Crippen LogP) is 1.57. The molecule has 0 unspecified atom stereocenters. The Labute approximate surface area is 159 Å². The molecule has 7 nitrogen and oxygen atoms in total. The second-order valence-electron chi connectivity index (χ2n) is 6.29. The van der Waals surface area contributed by atoms with Crippen molar-refractivity contribution >= 4 is 10.0 Å². The molecule has 142 valence electrons. The summed E-state index contributed by atoms with van der Waals surface area (Å²) < 4.78 is 32.5. The summed E-state index contributed by atoms with van der Waals surface area (Å²) in [7, 11) is -1.98. The van der Waals surface area contributed by atoms with Gasteiger partial charge in [-0.1, -0.05) is 18.2 Å². The van der Waals surface area contributed by atoms with Crippen LogP contribution in [-0.4, -0.2) is 69.0 Å². The molecule has 8 heteroatoms. The second kappa shape index (κ2) is 8.59. The number of aromatic nitrogens is 1. The van der Waals surface area contributed by atoms with Crippen molar-refractivity contribution in [2.45, 2.75) is 5.03 Å². The number of rotatable bonds is 6. The molecule has 27 heavy (non-hydrogen) atoms. The summed E-state index contributed by atoms with van der Waals surface area (Å²) in [6.45, 7) is 3.68. The molecular weight excluding hydrogens is 364 g/mol. The monoisotopic (exact) mass is 386 g/mol. The molecule has 0 aliphatic carbocycles. The first-order valence-electron chi connectivity index (χ1n) is 8.73. The first-order chi connectivity index (χ1) is 13.0. The maximum absolute atomic E-state index is 13.0. The molecule has 1 aliphatic heterocycles. The highest BCUT2D eigenvalue weighted by Crippen LogP contribution is 2.22. The number of hydrogen-bond acceptors (Lipinski definition) is 6. The van der Waals surface area contributed by atoms with E-state index in [2.05, 4.69) is 16.0 Å². The Morgan fingerprint density at radius 1 is 1.11 bits per heavy atom. The highest BCUT2D eigenvalue weighted by Gasteiger charge is 2.29. The number of piperazine rings is 1. The smallest absolute Gasteiger partial charge is 0.260 e. The second-order valence-corrected chi connectivity index (χ2v) is 8.17. The Bertz CT molecular complexity index is 915. The average Bonchev–Trinajstić information content (AvgIpc) is 2.72. The number of pyridine rings is 1. The van der Waals surface area contributed by atoms with Crippen molar-refractivity contribution in [1.82, 2.24) is 14.2 Å². The van der Waals surface area contributed by atoms with E-state index in [0.717, 1.165) is 12.1 Å². The first kappa shape index (κ1) is 19.5. The zero-order valence-corrected chi connectivity index (χ0v) is 16.0. The highest BCUT2D eigenvalue weighted by molar-refractivity contribution is 7.89. The minimum atomic E-state index is -3.64. The van der Waals surface area contributed by atoms with Gasteiger partial charge in [0.25, 0.3) is 10.0 Å². The molecule has 2 heterocycles. The molecule has 1 saturated heterocycles. The van der Waals surface area contributed by atoms with Gasteiger partial charge in [-0.15, -0.1) is 0 Å². The predicted molar refractivity (Wildman–Crippen MR) is 101 cm³/mol. The number of benzene rings is 1. The highest BCUT2D eigenvalue weighted by atomic mass is 32.2. The summed E-state index contributed by atoms with van der Waals surface area (Å²) in [6, 6.07) is 14.0. The largest absolute Gasteiger partial charge is 0.383 e. The Balaban J connectivity index is 1.76. The molecule has 1 aliphatic rings. The number of nitrogens with zero attached hydrogens (tertiary/aromatic N) is 4. The van der Waals surface area contributed by atoms with E-state index in [4.69, 9.17) is 10.00 Å². The Morgan fingerprint density at radius 3 is 2.44 bits per heavy atom. The van der Waals surface area contributed by atoms with Crippen molar-refractivity contribution < 1.29 is 13.2 Å². The summed E-state index contributed by atoms with van der Waals surface area (Å²) >= 11 is 0. The van der Waals surface area contributed by atoms with Crippen LogP contribution in [0.3, 0.4) is 0 Å². The minimum Gasteiger partial charge on any atom is -0.383 e. The van der Waals surface area contributed by atoms with Crippen molar-refractivity contribution in [2.75, 3.05) is 46.4 Å². The van der Waals surface area contributed by atoms with E-state index in [-0.39, 0.29) is 5.03 Å². The average molecular weight is 386 g/mol. The summed E-state index contributed by atoms with van der Waals surface area (Å²) in [4.78, 5) is 6.56. The quantitative estimate of drug-likeness (QED) is 0.749. The summed E-state index contributed by atoms with van der Waals surface area (Å²) in [5, 5.41) is 8.95. The molecule has 0 atom stereocenters. The van der Waals surface area contributed by atoms with Gasteiger partial charge in [0.1, 0.15) is 0 Å². The van der Waals surface area contributed by atoms with E-state index < -0.39 is 10.0 Å². The van der Waals surface area contributed by atoms with Crippen LogP contribution in [0.1, 0.15) is 5.56 Å². The Kier molecular flexibility index (Phi) is 6.19. The van der Waals surface area contributed by atoms with E-state index in [1.807, 2.05) is 0 Å². The molecule has 0 amide bonds. The van der Waals surface area contributed by atoms with Crippen molar-refractivity contribution in [1.29, 1.82) is 5.26 Å². The van der Waals surface area contributed by atoms with Crippen molar-refractivity contribution in [2.24, 2.45) is 0 Å². The van der Waals surface area contributed by atoms with Gasteiger partial charge in [-0.25, -0.2) is 13.4 Å². The molecule has 0 radical (unpaired) electrons. The van der Waals surface area contributed by atoms with Gasteiger partial charge in [-0.05, 0) is 24.3 Å². The SMILES string of the molecule is COCCN1CCN(S(=O)(=O)c2cccc(-c3ccc(C#N)cc3)n2)CC1. The van der Waals surface area contributed by atoms with Crippen LogP contribution >= 0.6 is 0 Å². The molecule has 1 fully saturated rings. The molecule has 0 saturated carbocycles. The molecule has 0 spiro atoms. The van der Waals surface area contributed by atoms with Crippen LogP contribution in [0, 0.1) is 11.3 Å². The van der Waals surface area contributed by atoms with Crippen LogP contribution in [0.4, 0.5) is 0 Å². The lowest BCUT2D eigenvalue weighted by Gasteiger charge is -2.33. The minimum absolute atomic E-state index is 0.0506. The van der Waals surface area contributed by atoms with Gasteiger partial charge in [-0.3, -0.25) is 4.90 Å². The van der Waals surface area contributed by atoms with Gasteiger partial charge in [0.2, 0.25) is 0 Å². The molecule has 0 N–H and O–H groups in total. The molecule has 0 bridgehead atoms. The molecule has 3 rings (SSSR count). The van der Waals surface area contributed by atoms with Crippen molar-refractivity contribution in [3.63, 3.8) is 0 Å². The zero-order chi connectivity index (χ0) is 19.3. The van der Waals surface area contributed by atoms with Gasteiger partial charge in [-0.2, -0.15) is 9.57 Å². The van der Waals surface area contributed by atoms with E-state index in [0.29, 0.717) is 44.0 Å². The van der Waals surface area contributed by atoms with Gasteiger partial charge < -0.3 is 4.74 Å². The Hall–Kier alpha value is -2.31. The maximum atomic E-state index is 13.0. The Morgan fingerprint density at radius 2 is 1.81 bits per heavy atom. The lowest BCUT2D eigenvalue weighted by atomic mass is 10.1. The number of ether oxygens (including phenoxy) is 1. The van der Waals surface area contributed by atoms with Gasteiger partial charge >= 0.3 is 0 Å². The number of hydrogen-bond donors (Lipinski definition) is 0. The standard InChI is InChI=1S/C19H22N4O3S/c1-26-14-13-22-9-11-23(12-10-22)27(24,25)19-4-2-3-18(21-19)17-7-5-16(15-20)6-8-17/h2-8H,9-14H2,1H3. The fourth-order valence-electron chi connectivity index (χ4n) is 2.98. The zero-order valence-electron chi connectivity index (χ0n) is 15.2. The van der Waals surface area contributed by atoms with Gasteiger partial charge in [0, 0.05) is 45.4 Å². The summed E-state index contributed by atoms with van der Waals surface area (Å²) in [5.74, 6) is 0. The van der Waals surface area contributed by atoms with E-state index in [1.165, 1.54) is 10.4 Å². The molecule has 1 aromatic heterocycles. The van der Waals surface area contributed by atoms with Crippen molar-refractivity contribution in [3.8, 4) is 17.3 Å². The first-order valence-corrected chi connectivity index (χ1v) is 10.2. The van der Waals surface area contributed by atoms with Crippen LogP contribution < -0.4 is 0 Å². The lowest BCUT2D eigenvalue weighted by molar-refractivity contribution is 0.123. The van der Waals surface area contributed by atoms with Crippen LogP contribution in [0.2, 0.25) is 0 Å². The molecule has 1 aromatic carbocycles. The van der Waals surface area contributed by atoms with E-state index >= 15 is 0 Å². The van der Waals surface area contributed by atoms with Gasteiger partial charge in [0.15, 0.2) is 5.03 Å². The van der Waals surface area contributed by atoms with Crippen molar-refractivity contribution in [3.05, 3.63) is 48.0 Å². The van der Waals surface area contributed by atoms with Gasteiger partial charge in [0.05, 0.1) is 23.9 Å². The fourth-order valence-corrected chi connectivity index (χ4v) is 4.35. The topological polar surface area (TPSA) is 86.5 Å². The van der Waals surface area contributed by atoms with Crippen LogP contribution in [0.5, 0.6) is 0 Å². The molecular formula is C19H22N4O3S. The third-order valence-electron chi connectivity index (χ3n) is 4.58. The van der Waals surface area contributed by atoms with Crippen LogP contribution in [0.15, 0.2) is 47.5 Å². The normalized spacial score (nSPS) is 16.1.